The van der Waals surface area contributed by atoms with Crippen molar-refractivity contribution in [1.82, 2.24) is 10.2 Å². The van der Waals surface area contributed by atoms with E-state index < -0.39 is 0 Å². The van der Waals surface area contributed by atoms with Crippen LogP contribution in [0.2, 0.25) is 0 Å². The molecule has 1 saturated carbocycles. The first-order chi connectivity index (χ1) is 10.3. The number of ether oxygens (including phenoxy) is 2. The van der Waals surface area contributed by atoms with Gasteiger partial charge in [-0.2, -0.15) is 0 Å². The van der Waals surface area contributed by atoms with Crippen molar-refractivity contribution < 1.29 is 9.47 Å². The van der Waals surface area contributed by atoms with Gasteiger partial charge in [0.2, 0.25) is 0 Å². The number of benzene rings is 1. The van der Waals surface area contributed by atoms with E-state index in [1.54, 1.807) is 0 Å². The molecule has 0 spiro atoms. The molecule has 0 unspecified atom stereocenters. The zero-order chi connectivity index (χ0) is 14.9. The van der Waals surface area contributed by atoms with Crippen molar-refractivity contribution in [3.8, 4) is 5.75 Å². The highest BCUT2D eigenvalue weighted by molar-refractivity contribution is 5.28. The highest BCUT2D eigenvalue weighted by Gasteiger charge is 2.20. The molecule has 2 rings (SSSR count). The summed E-state index contributed by atoms with van der Waals surface area (Å²) in [4.78, 5) is 2.25. The van der Waals surface area contributed by atoms with Crippen LogP contribution in [-0.2, 0) is 11.3 Å². The normalized spacial score (nSPS) is 14.6. The molecular weight excluding hydrogens is 264 g/mol. The van der Waals surface area contributed by atoms with Gasteiger partial charge in [0, 0.05) is 26.2 Å². The fourth-order valence-electron chi connectivity index (χ4n) is 2.14. The monoisotopic (exact) mass is 292 g/mol. The summed E-state index contributed by atoms with van der Waals surface area (Å²) in [5, 5.41) is 3.15. The second-order valence-corrected chi connectivity index (χ2v) is 5.85. The molecule has 1 fully saturated rings. The van der Waals surface area contributed by atoms with Crippen LogP contribution in [0.25, 0.3) is 0 Å². The van der Waals surface area contributed by atoms with Gasteiger partial charge in [-0.1, -0.05) is 12.1 Å². The standard InChI is InChI=1S/C17H28N2O2/c1-18-13-16-4-3-5-17(12-16)21-11-9-19(2)8-10-20-14-15-6-7-15/h3-5,12,15,18H,6-11,13-14H2,1-2H3. The molecule has 1 aliphatic carbocycles. The Labute approximate surface area is 128 Å². The number of rotatable bonds is 11. The van der Waals surface area contributed by atoms with E-state index in [2.05, 4.69) is 29.4 Å². The predicted molar refractivity (Wildman–Crippen MR) is 85.7 cm³/mol. The van der Waals surface area contributed by atoms with Crippen LogP contribution in [0.15, 0.2) is 24.3 Å². The topological polar surface area (TPSA) is 33.7 Å². The number of likely N-dealkylation sites (N-methyl/N-ethyl adjacent to an activating group) is 1. The Balaban J connectivity index is 1.55. The van der Waals surface area contributed by atoms with Gasteiger partial charge < -0.3 is 19.7 Å². The average molecular weight is 292 g/mol. The molecule has 1 aliphatic rings. The lowest BCUT2D eigenvalue weighted by Gasteiger charge is -2.17. The Hall–Kier alpha value is -1.10. The van der Waals surface area contributed by atoms with Crippen molar-refractivity contribution in [1.29, 1.82) is 0 Å². The van der Waals surface area contributed by atoms with Crippen molar-refractivity contribution in [2.45, 2.75) is 19.4 Å². The molecule has 118 valence electrons. The van der Waals surface area contributed by atoms with Gasteiger partial charge in [0.05, 0.1) is 6.61 Å². The van der Waals surface area contributed by atoms with Crippen molar-refractivity contribution >= 4 is 0 Å². The van der Waals surface area contributed by atoms with Crippen LogP contribution in [0.4, 0.5) is 0 Å². The smallest absolute Gasteiger partial charge is 0.119 e. The Morgan fingerprint density at radius 1 is 1.24 bits per heavy atom. The summed E-state index contributed by atoms with van der Waals surface area (Å²) in [6.45, 7) is 5.24. The fraction of sp³-hybridized carbons (Fsp3) is 0.647. The minimum absolute atomic E-state index is 0.710. The van der Waals surface area contributed by atoms with E-state index >= 15 is 0 Å². The first-order valence-corrected chi connectivity index (χ1v) is 7.90. The molecule has 4 nitrogen and oxygen atoms in total. The quantitative estimate of drug-likeness (QED) is 0.634. The van der Waals surface area contributed by atoms with Gasteiger partial charge in [0.1, 0.15) is 12.4 Å². The van der Waals surface area contributed by atoms with E-state index in [-0.39, 0.29) is 0 Å². The molecule has 21 heavy (non-hydrogen) atoms. The van der Waals surface area contributed by atoms with Gasteiger partial charge in [0.25, 0.3) is 0 Å². The predicted octanol–water partition coefficient (Wildman–Crippen LogP) is 2.14. The van der Waals surface area contributed by atoms with Crippen LogP contribution in [0, 0.1) is 5.92 Å². The van der Waals surface area contributed by atoms with E-state index in [1.165, 1.54) is 18.4 Å². The van der Waals surface area contributed by atoms with Crippen molar-refractivity contribution in [2.75, 3.05) is 47.0 Å². The number of hydrogen-bond donors (Lipinski definition) is 1. The van der Waals surface area contributed by atoms with Crippen LogP contribution in [0.3, 0.4) is 0 Å². The third-order valence-electron chi connectivity index (χ3n) is 3.69. The Bertz CT molecular complexity index is 408. The van der Waals surface area contributed by atoms with Gasteiger partial charge in [-0.05, 0) is 50.6 Å². The molecule has 1 aromatic rings. The maximum Gasteiger partial charge on any atom is 0.119 e. The van der Waals surface area contributed by atoms with Crippen LogP contribution in [-0.4, -0.2) is 51.9 Å². The largest absolute Gasteiger partial charge is 0.492 e. The number of nitrogens with zero attached hydrogens (tertiary/aromatic N) is 1. The lowest BCUT2D eigenvalue weighted by molar-refractivity contribution is 0.0992. The lowest BCUT2D eigenvalue weighted by Crippen LogP contribution is -2.28. The first kappa shape index (κ1) is 16.3. The highest BCUT2D eigenvalue weighted by atomic mass is 16.5. The molecule has 0 radical (unpaired) electrons. The minimum atomic E-state index is 0.710. The van der Waals surface area contributed by atoms with Crippen molar-refractivity contribution in [2.24, 2.45) is 5.92 Å². The van der Waals surface area contributed by atoms with E-state index in [9.17, 15) is 0 Å². The molecule has 0 saturated heterocycles. The summed E-state index contributed by atoms with van der Waals surface area (Å²) < 4.78 is 11.5. The summed E-state index contributed by atoms with van der Waals surface area (Å²) in [6.07, 6.45) is 2.71. The number of hydrogen-bond acceptors (Lipinski definition) is 4. The molecule has 0 aliphatic heterocycles. The van der Waals surface area contributed by atoms with Gasteiger partial charge >= 0.3 is 0 Å². The second-order valence-electron chi connectivity index (χ2n) is 5.85. The molecule has 1 aromatic carbocycles. The molecule has 4 heteroatoms. The summed E-state index contributed by atoms with van der Waals surface area (Å²) in [5.74, 6) is 1.80. The molecule has 1 N–H and O–H groups in total. The van der Waals surface area contributed by atoms with Crippen LogP contribution in [0.1, 0.15) is 18.4 Å². The van der Waals surface area contributed by atoms with Crippen LogP contribution >= 0.6 is 0 Å². The molecule has 0 bridgehead atoms. The third-order valence-corrected chi connectivity index (χ3v) is 3.69. The third kappa shape index (κ3) is 6.93. The Morgan fingerprint density at radius 3 is 2.81 bits per heavy atom. The maximum absolute atomic E-state index is 5.81. The summed E-state index contributed by atoms with van der Waals surface area (Å²) in [5.41, 5.74) is 1.25. The lowest BCUT2D eigenvalue weighted by atomic mass is 10.2. The van der Waals surface area contributed by atoms with Crippen LogP contribution in [0.5, 0.6) is 5.75 Å². The van der Waals surface area contributed by atoms with E-state index in [0.29, 0.717) is 6.61 Å². The highest BCUT2D eigenvalue weighted by Crippen LogP contribution is 2.28. The molecule has 0 aromatic heterocycles. The zero-order valence-corrected chi connectivity index (χ0v) is 13.3. The molecule has 0 atom stereocenters. The Morgan fingerprint density at radius 2 is 2.05 bits per heavy atom. The molecule has 0 amide bonds. The van der Waals surface area contributed by atoms with E-state index in [1.807, 2.05) is 19.2 Å². The van der Waals surface area contributed by atoms with E-state index in [0.717, 1.165) is 44.5 Å². The molecular formula is C17H28N2O2. The SMILES string of the molecule is CNCc1cccc(OCCN(C)CCOCC2CC2)c1. The van der Waals surface area contributed by atoms with Crippen molar-refractivity contribution in [3.05, 3.63) is 29.8 Å². The Kier molecular flexibility index (Phi) is 7.00. The first-order valence-electron chi connectivity index (χ1n) is 7.90. The van der Waals surface area contributed by atoms with Crippen molar-refractivity contribution in [3.63, 3.8) is 0 Å². The minimum Gasteiger partial charge on any atom is -0.492 e. The fourth-order valence-corrected chi connectivity index (χ4v) is 2.14. The van der Waals surface area contributed by atoms with E-state index in [4.69, 9.17) is 9.47 Å². The van der Waals surface area contributed by atoms with Gasteiger partial charge in [0.15, 0.2) is 0 Å². The number of nitrogens with one attached hydrogen (secondary N) is 1. The zero-order valence-electron chi connectivity index (χ0n) is 13.3. The van der Waals surface area contributed by atoms with Gasteiger partial charge in [-0.15, -0.1) is 0 Å². The second kappa shape index (κ2) is 9.03. The van der Waals surface area contributed by atoms with Gasteiger partial charge in [-0.3, -0.25) is 0 Å². The summed E-state index contributed by atoms with van der Waals surface area (Å²) in [6, 6.07) is 8.25. The molecule has 0 heterocycles. The van der Waals surface area contributed by atoms with Crippen LogP contribution < -0.4 is 10.1 Å². The maximum atomic E-state index is 5.81. The summed E-state index contributed by atoms with van der Waals surface area (Å²) in [7, 11) is 4.06. The average Bonchev–Trinajstić information content (AvgIpc) is 3.29. The summed E-state index contributed by atoms with van der Waals surface area (Å²) >= 11 is 0. The van der Waals surface area contributed by atoms with Gasteiger partial charge in [-0.25, -0.2) is 0 Å².